The van der Waals surface area contributed by atoms with E-state index < -0.39 is 7.75 Å². The van der Waals surface area contributed by atoms with Crippen molar-refractivity contribution in [3.05, 3.63) is 35.9 Å². The molecule has 1 aliphatic heterocycles. The average Bonchev–Trinajstić information content (AvgIpc) is 3.52. The Balaban J connectivity index is 1.62. The Kier molecular flexibility index (Phi) is 7.52. The number of rotatable bonds is 9. The molecule has 1 saturated carbocycles. The van der Waals surface area contributed by atoms with Crippen LogP contribution in [0.3, 0.4) is 0 Å². The molecule has 0 radical (unpaired) electrons. The van der Waals surface area contributed by atoms with Crippen molar-refractivity contribution in [2.24, 2.45) is 11.8 Å². The molecule has 0 aromatic heterocycles. The molecule has 2 aliphatic rings. The summed E-state index contributed by atoms with van der Waals surface area (Å²) in [5, 5.41) is 3.13. The Morgan fingerprint density at radius 3 is 2.43 bits per heavy atom. The Labute approximate surface area is 167 Å². The van der Waals surface area contributed by atoms with Gasteiger partial charge in [-0.3, -0.25) is 9.05 Å². The molecule has 2 unspecified atom stereocenters. The van der Waals surface area contributed by atoms with E-state index in [1.165, 1.54) is 12.8 Å². The van der Waals surface area contributed by atoms with Gasteiger partial charge in [0.1, 0.15) is 6.61 Å². The van der Waals surface area contributed by atoms with Gasteiger partial charge >= 0.3 is 13.8 Å². The minimum absolute atomic E-state index is 0.130. The summed E-state index contributed by atoms with van der Waals surface area (Å²) >= 11 is 0. The van der Waals surface area contributed by atoms with E-state index in [0.717, 1.165) is 12.0 Å². The quantitative estimate of drug-likeness (QED) is 0.615. The van der Waals surface area contributed by atoms with Gasteiger partial charge in [-0.15, -0.1) is 0 Å². The number of hydrogen-bond donors (Lipinski definition) is 1. The lowest BCUT2D eigenvalue weighted by molar-refractivity contribution is 0.0695. The fourth-order valence-corrected chi connectivity index (χ4v) is 5.41. The maximum absolute atomic E-state index is 13.0. The fourth-order valence-electron chi connectivity index (χ4n) is 3.83. The van der Waals surface area contributed by atoms with Gasteiger partial charge in [0.25, 0.3) is 0 Å². The van der Waals surface area contributed by atoms with Crippen LogP contribution in [0.4, 0.5) is 4.79 Å². The Hall–Kier alpha value is -1.40. The van der Waals surface area contributed by atoms with Crippen LogP contribution in [0.25, 0.3) is 0 Å². The van der Waals surface area contributed by atoms with Crippen LogP contribution in [0.1, 0.15) is 38.7 Å². The van der Waals surface area contributed by atoms with Crippen molar-refractivity contribution >= 4 is 13.8 Å². The lowest BCUT2D eigenvalue weighted by Gasteiger charge is -2.39. The maximum atomic E-state index is 13.0. The van der Waals surface area contributed by atoms with Crippen molar-refractivity contribution in [1.82, 2.24) is 9.99 Å². The molecule has 1 N–H and O–H groups in total. The molecule has 1 heterocycles. The number of carbonyl (C=O) groups excluding carboxylic acids is 1. The van der Waals surface area contributed by atoms with Crippen LogP contribution < -0.4 is 5.09 Å². The monoisotopic (exact) mass is 410 g/mol. The lowest BCUT2D eigenvalue weighted by Crippen LogP contribution is -2.52. The highest BCUT2D eigenvalue weighted by Gasteiger charge is 2.43. The van der Waals surface area contributed by atoms with Crippen molar-refractivity contribution < 1.29 is 23.1 Å². The molecule has 1 aliphatic carbocycles. The molecule has 1 saturated heterocycles. The van der Waals surface area contributed by atoms with Gasteiger partial charge in [0, 0.05) is 19.1 Å². The fraction of sp³-hybridized carbons (Fsp3) is 0.650. The summed E-state index contributed by atoms with van der Waals surface area (Å²) in [6.07, 6.45) is 2.90. The first-order valence-corrected chi connectivity index (χ1v) is 11.7. The van der Waals surface area contributed by atoms with E-state index in [9.17, 15) is 9.36 Å². The number of likely N-dealkylation sites (tertiary alicyclic amines) is 1. The first kappa shape index (κ1) is 21.3. The third-order valence-electron chi connectivity index (χ3n) is 5.28. The van der Waals surface area contributed by atoms with Crippen molar-refractivity contribution in [1.29, 1.82) is 0 Å². The molecule has 1 aromatic carbocycles. The predicted molar refractivity (Wildman–Crippen MR) is 107 cm³/mol. The number of carbonyl (C=O) groups is 1. The van der Waals surface area contributed by atoms with Crippen LogP contribution in [0.2, 0.25) is 0 Å². The molecule has 7 nitrogen and oxygen atoms in total. The van der Waals surface area contributed by atoms with E-state index in [4.69, 9.17) is 13.8 Å². The smallest absolute Gasteiger partial charge is 0.410 e. The van der Waals surface area contributed by atoms with Crippen LogP contribution >= 0.6 is 7.75 Å². The summed E-state index contributed by atoms with van der Waals surface area (Å²) in [6, 6.07) is 9.50. The summed E-state index contributed by atoms with van der Waals surface area (Å²) in [4.78, 5) is 14.3. The number of amides is 1. The third kappa shape index (κ3) is 5.80. The largest absolute Gasteiger partial charge is 0.445 e. The molecule has 3 rings (SSSR count). The molecule has 1 amide bonds. The molecule has 2 atom stereocenters. The second kappa shape index (κ2) is 9.88. The summed E-state index contributed by atoms with van der Waals surface area (Å²) in [5.41, 5.74) is 0.954. The van der Waals surface area contributed by atoms with E-state index in [1.54, 1.807) is 18.7 Å². The Bertz CT molecular complexity index is 672. The number of ether oxygens (including phenoxy) is 1. The summed E-state index contributed by atoms with van der Waals surface area (Å²) in [6.45, 7) is 5.53. The van der Waals surface area contributed by atoms with Gasteiger partial charge in [-0.25, -0.2) is 14.4 Å². The minimum Gasteiger partial charge on any atom is -0.445 e. The zero-order valence-corrected chi connectivity index (χ0v) is 17.6. The van der Waals surface area contributed by atoms with Gasteiger partial charge in [-0.1, -0.05) is 30.3 Å². The molecule has 2 fully saturated rings. The van der Waals surface area contributed by atoms with Crippen molar-refractivity contribution in [3.63, 3.8) is 0 Å². The van der Waals surface area contributed by atoms with Gasteiger partial charge < -0.3 is 9.64 Å². The molecular weight excluding hydrogens is 379 g/mol. The number of benzene rings is 1. The molecular formula is C20H31N2O5P. The summed E-state index contributed by atoms with van der Waals surface area (Å²) in [5.74, 6) is 0.990. The lowest BCUT2D eigenvalue weighted by atomic mass is 9.88. The highest BCUT2D eigenvalue weighted by Crippen LogP contribution is 2.48. The zero-order valence-electron chi connectivity index (χ0n) is 16.7. The zero-order chi connectivity index (χ0) is 20.0. The summed E-state index contributed by atoms with van der Waals surface area (Å²) < 4.78 is 29.3. The SMILES string of the molecule is CCOP(=O)(NC1CN(C(=O)OCc2ccccc2)CCC1C1CC1)OCC. The Morgan fingerprint density at radius 1 is 1.14 bits per heavy atom. The Morgan fingerprint density at radius 2 is 1.82 bits per heavy atom. The average molecular weight is 410 g/mol. The molecule has 0 bridgehead atoms. The normalized spacial score (nSPS) is 22.9. The second-order valence-corrected chi connectivity index (χ2v) is 9.11. The predicted octanol–water partition coefficient (Wildman–Crippen LogP) is 4.19. The van der Waals surface area contributed by atoms with Crippen LogP contribution in [-0.2, 0) is 25.0 Å². The topological polar surface area (TPSA) is 77.1 Å². The highest BCUT2D eigenvalue weighted by molar-refractivity contribution is 7.51. The van der Waals surface area contributed by atoms with Gasteiger partial charge in [-0.05, 0) is 50.5 Å². The van der Waals surface area contributed by atoms with E-state index in [2.05, 4.69) is 5.09 Å². The highest BCUT2D eigenvalue weighted by atomic mass is 31.2. The van der Waals surface area contributed by atoms with E-state index in [1.807, 2.05) is 30.3 Å². The van der Waals surface area contributed by atoms with E-state index in [-0.39, 0.29) is 18.7 Å². The first-order chi connectivity index (χ1) is 13.5. The molecule has 0 spiro atoms. The van der Waals surface area contributed by atoms with Gasteiger partial charge in [0.05, 0.1) is 13.2 Å². The van der Waals surface area contributed by atoms with Gasteiger partial charge in [0.2, 0.25) is 0 Å². The number of nitrogens with one attached hydrogen (secondary N) is 1. The van der Waals surface area contributed by atoms with Crippen LogP contribution in [0, 0.1) is 11.8 Å². The number of nitrogens with zero attached hydrogens (tertiary/aromatic N) is 1. The molecule has 1 aromatic rings. The second-order valence-electron chi connectivity index (χ2n) is 7.34. The molecule has 28 heavy (non-hydrogen) atoms. The molecule has 8 heteroatoms. The molecule has 156 valence electrons. The number of hydrogen-bond acceptors (Lipinski definition) is 5. The summed E-state index contributed by atoms with van der Waals surface area (Å²) in [7, 11) is -3.39. The minimum atomic E-state index is -3.39. The van der Waals surface area contributed by atoms with Crippen LogP contribution in [0.5, 0.6) is 0 Å². The van der Waals surface area contributed by atoms with Crippen molar-refractivity contribution in [2.75, 3.05) is 26.3 Å². The number of piperidine rings is 1. The van der Waals surface area contributed by atoms with Gasteiger partial charge in [0.15, 0.2) is 0 Å². The van der Waals surface area contributed by atoms with Gasteiger partial charge in [-0.2, -0.15) is 0 Å². The third-order valence-corrected chi connectivity index (χ3v) is 7.12. The first-order valence-electron chi connectivity index (χ1n) is 10.2. The standard InChI is InChI=1S/C20H31N2O5P/c1-3-26-28(24,27-4-2)21-19-14-22(13-12-18(19)17-10-11-17)20(23)25-15-16-8-6-5-7-9-16/h5-9,17-19H,3-4,10-15H2,1-2H3,(H,21,24). The van der Waals surface area contributed by atoms with Crippen molar-refractivity contribution in [2.45, 2.75) is 45.8 Å². The van der Waals surface area contributed by atoms with E-state index in [0.29, 0.717) is 38.1 Å². The maximum Gasteiger partial charge on any atom is 0.410 e. The van der Waals surface area contributed by atoms with Crippen LogP contribution in [0.15, 0.2) is 30.3 Å². The van der Waals surface area contributed by atoms with Crippen LogP contribution in [-0.4, -0.2) is 43.3 Å². The van der Waals surface area contributed by atoms with E-state index >= 15 is 0 Å². The van der Waals surface area contributed by atoms with Crippen molar-refractivity contribution in [3.8, 4) is 0 Å².